The molecule has 3 aromatic rings. The number of hydrogen-bond acceptors (Lipinski definition) is 6. The number of benzene rings is 3. The van der Waals surface area contributed by atoms with E-state index in [0.29, 0.717) is 34.8 Å². The van der Waals surface area contributed by atoms with E-state index in [2.05, 4.69) is 22.8 Å². The lowest BCUT2D eigenvalue weighted by Crippen LogP contribution is -2.34. The van der Waals surface area contributed by atoms with Crippen LogP contribution in [0.3, 0.4) is 0 Å². The van der Waals surface area contributed by atoms with E-state index in [1.165, 1.54) is 6.21 Å². The molecule has 0 aliphatic rings. The normalized spacial score (nSPS) is 10.5. The Morgan fingerprint density at radius 3 is 2.23 bits per heavy atom. The molecule has 3 rings (SSSR count). The van der Waals surface area contributed by atoms with Crippen LogP contribution < -0.4 is 20.2 Å². The van der Waals surface area contributed by atoms with Crippen molar-refractivity contribution in [2.24, 2.45) is 5.10 Å². The number of esters is 1. The Bertz CT molecular complexity index is 1140. The van der Waals surface area contributed by atoms with Gasteiger partial charge in [0.25, 0.3) is 11.8 Å². The molecule has 35 heavy (non-hydrogen) atoms. The zero-order chi connectivity index (χ0) is 24.9. The molecule has 0 aliphatic heterocycles. The number of rotatable bonds is 11. The third kappa shape index (κ3) is 8.43. The molecule has 0 spiro atoms. The maximum absolute atomic E-state index is 12.2. The number of carbonyl (C=O) groups excluding carboxylic acids is 3. The van der Waals surface area contributed by atoms with E-state index < -0.39 is 11.9 Å². The number of hydrazone groups is 1. The summed E-state index contributed by atoms with van der Waals surface area (Å²) in [6.07, 6.45) is 3.46. The van der Waals surface area contributed by atoms with Crippen molar-refractivity contribution in [3.8, 4) is 11.5 Å². The second-order valence-electron chi connectivity index (χ2n) is 7.53. The molecule has 0 bridgehead atoms. The Hall–Kier alpha value is -4.46. The van der Waals surface area contributed by atoms with Gasteiger partial charge in [0.2, 0.25) is 0 Å². The minimum atomic E-state index is -0.470. The highest BCUT2D eigenvalue weighted by atomic mass is 16.5. The van der Waals surface area contributed by atoms with Crippen LogP contribution in [0.4, 0.5) is 0 Å². The molecule has 3 aromatic carbocycles. The van der Waals surface area contributed by atoms with E-state index in [4.69, 9.17) is 9.47 Å². The highest BCUT2D eigenvalue weighted by molar-refractivity contribution is 5.96. The summed E-state index contributed by atoms with van der Waals surface area (Å²) in [5.41, 5.74) is 3.93. The van der Waals surface area contributed by atoms with Gasteiger partial charge in [-0.25, -0.2) is 10.2 Å². The van der Waals surface area contributed by atoms with Crippen LogP contribution in [-0.4, -0.2) is 37.1 Å². The first-order valence-corrected chi connectivity index (χ1v) is 11.3. The molecule has 0 unspecified atom stereocenters. The summed E-state index contributed by atoms with van der Waals surface area (Å²) in [4.78, 5) is 36.2. The smallest absolute Gasteiger partial charge is 0.343 e. The number of ether oxygens (including phenoxy) is 2. The Morgan fingerprint density at radius 2 is 1.54 bits per heavy atom. The van der Waals surface area contributed by atoms with E-state index in [0.717, 1.165) is 12.8 Å². The van der Waals surface area contributed by atoms with Crippen LogP contribution >= 0.6 is 0 Å². The van der Waals surface area contributed by atoms with Gasteiger partial charge in [-0.3, -0.25) is 9.59 Å². The second kappa shape index (κ2) is 13.3. The van der Waals surface area contributed by atoms with E-state index in [-0.39, 0.29) is 12.5 Å². The highest BCUT2D eigenvalue weighted by Crippen LogP contribution is 2.14. The molecule has 0 saturated carbocycles. The largest absolute Gasteiger partial charge is 0.494 e. The highest BCUT2D eigenvalue weighted by Gasteiger charge is 2.09. The van der Waals surface area contributed by atoms with Gasteiger partial charge < -0.3 is 14.8 Å². The average Bonchev–Trinajstić information content (AvgIpc) is 2.89. The van der Waals surface area contributed by atoms with Gasteiger partial charge in [-0.2, -0.15) is 5.10 Å². The van der Waals surface area contributed by atoms with Crippen LogP contribution in [0, 0.1) is 0 Å². The Balaban J connectivity index is 1.39. The van der Waals surface area contributed by atoms with E-state index in [1.807, 2.05) is 6.07 Å². The zero-order valence-corrected chi connectivity index (χ0v) is 19.4. The molecule has 0 saturated heterocycles. The van der Waals surface area contributed by atoms with Crippen LogP contribution in [0.5, 0.6) is 11.5 Å². The van der Waals surface area contributed by atoms with Gasteiger partial charge in [0.05, 0.1) is 24.9 Å². The maximum Gasteiger partial charge on any atom is 0.343 e. The SMILES string of the molecule is CCCCOc1ccc(C(=O)NCC(=O)NN=Cc2ccc(OC(=O)c3ccccc3)cc2)cc1. The maximum atomic E-state index is 12.2. The summed E-state index contributed by atoms with van der Waals surface area (Å²) < 4.78 is 10.9. The fourth-order valence-corrected chi connectivity index (χ4v) is 2.88. The number of amides is 2. The molecular weight excluding hydrogens is 446 g/mol. The molecule has 8 nitrogen and oxygen atoms in total. The third-order valence-corrected chi connectivity index (χ3v) is 4.80. The minimum Gasteiger partial charge on any atom is -0.494 e. The third-order valence-electron chi connectivity index (χ3n) is 4.80. The van der Waals surface area contributed by atoms with Crippen LogP contribution in [0.15, 0.2) is 84.0 Å². The molecule has 0 radical (unpaired) electrons. The van der Waals surface area contributed by atoms with Gasteiger partial charge in [-0.1, -0.05) is 31.5 Å². The van der Waals surface area contributed by atoms with Crippen molar-refractivity contribution in [1.82, 2.24) is 10.7 Å². The molecule has 0 aromatic heterocycles. The molecular formula is C27H27N3O5. The minimum absolute atomic E-state index is 0.223. The molecule has 2 N–H and O–H groups in total. The standard InChI is InChI=1S/C27H27N3O5/c1-2-3-17-34-23-15-11-21(12-16-23)26(32)28-19-25(31)30-29-18-20-9-13-24(14-10-20)35-27(33)22-7-5-4-6-8-22/h4-16,18H,2-3,17,19H2,1H3,(H,28,32)(H,30,31). The number of nitrogens with zero attached hydrogens (tertiary/aromatic N) is 1. The van der Waals surface area contributed by atoms with Crippen LogP contribution in [0.25, 0.3) is 0 Å². The van der Waals surface area contributed by atoms with Gasteiger partial charge >= 0.3 is 5.97 Å². The second-order valence-corrected chi connectivity index (χ2v) is 7.53. The fourth-order valence-electron chi connectivity index (χ4n) is 2.88. The monoisotopic (exact) mass is 473 g/mol. The van der Waals surface area contributed by atoms with E-state index in [1.54, 1.807) is 72.8 Å². The van der Waals surface area contributed by atoms with E-state index in [9.17, 15) is 14.4 Å². The van der Waals surface area contributed by atoms with Crippen molar-refractivity contribution >= 4 is 24.0 Å². The quantitative estimate of drug-likeness (QED) is 0.144. The predicted molar refractivity (Wildman–Crippen MR) is 133 cm³/mol. The molecule has 8 heteroatoms. The summed E-state index contributed by atoms with van der Waals surface area (Å²) in [5.74, 6) is -0.197. The van der Waals surface area contributed by atoms with Crippen molar-refractivity contribution in [3.05, 3.63) is 95.6 Å². The van der Waals surface area contributed by atoms with Crippen LogP contribution in [0.2, 0.25) is 0 Å². The summed E-state index contributed by atoms with van der Waals surface area (Å²) in [6, 6.07) is 22.1. The molecule has 180 valence electrons. The van der Waals surface area contributed by atoms with Crippen molar-refractivity contribution in [3.63, 3.8) is 0 Å². The predicted octanol–water partition coefficient (Wildman–Crippen LogP) is 3.96. The first kappa shape index (κ1) is 25.2. The Labute approximate surface area is 204 Å². The fraction of sp³-hybridized carbons (Fsp3) is 0.185. The van der Waals surface area contributed by atoms with Crippen LogP contribution in [-0.2, 0) is 4.79 Å². The number of carbonyl (C=O) groups is 3. The van der Waals surface area contributed by atoms with Crippen molar-refractivity contribution in [1.29, 1.82) is 0 Å². The lowest BCUT2D eigenvalue weighted by molar-refractivity contribution is -0.120. The molecule has 0 atom stereocenters. The van der Waals surface area contributed by atoms with Crippen LogP contribution in [0.1, 0.15) is 46.0 Å². The molecule has 0 fully saturated rings. The summed E-state index contributed by atoms with van der Waals surface area (Å²) in [5, 5.41) is 6.42. The molecule has 0 heterocycles. The summed E-state index contributed by atoms with van der Waals surface area (Å²) in [6.45, 7) is 2.50. The van der Waals surface area contributed by atoms with Gasteiger partial charge in [-0.05, 0) is 72.6 Å². The van der Waals surface area contributed by atoms with Gasteiger partial charge in [0.1, 0.15) is 11.5 Å². The number of unbranched alkanes of at least 4 members (excludes halogenated alkanes) is 1. The average molecular weight is 474 g/mol. The number of hydrogen-bond donors (Lipinski definition) is 2. The Morgan fingerprint density at radius 1 is 0.857 bits per heavy atom. The van der Waals surface area contributed by atoms with Crippen molar-refractivity contribution in [2.75, 3.05) is 13.2 Å². The zero-order valence-electron chi connectivity index (χ0n) is 19.4. The summed E-state index contributed by atoms with van der Waals surface area (Å²) >= 11 is 0. The molecule has 2 amide bonds. The Kier molecular flexibility index (Phi) is 9.56. The molecule has 0 aliphatic carbocycles. The number of nitrogens with one attached hydrogen (secondary N) is 2. The first-order valence-electron chi connectivity index (χ1n) is 11.3. The van der Waals surface area contributed by atoms with Gasteiger partial charge in [0.15, 0.2) is 0 Å². The lowest BCUT2D eigenvalue weighted by Gasteiger charge is -2.07. The summed E-state index contributed by atoms with van der Waals surface area (Å²) in [7, 11) is 0. The van der Waals surface area contributed by atoms with E-state index >= 15 is 0 Å². The lowest BCUT2D eigenvalue weighted by atomic mass is 10.2. The van der Waals surface area contributed by atoms with Crippen molar-refractivity contribution in [2.45, 2.75) is 19.8 Å². The first-order chi connectivity index (χ1) is 17.0. The van der Waals surface area contributed by atoms with Crippen molar-refractivity contribution < 1.29 is 23.9 Å². The van der Waals surface area contributed by atoms with Gasteiger partial charge in [0, 0.05) is 5.56 Å². The topological polar surface area (TPSA) is 106 Å². The van der Waals surface area contributed by atoms with Gasteiger partial charge in [-0.15, -0.1) is 0 Å².